The van der Waals surface area contributed by atoms with E-state index in [9.17, 15) is 0 Å². The lowest BCUT2D eigenvalue weighted by atomic mass is 10.1. The number of pyridine rings is 1. The van der Waals surface area contributed by atoms with Crippen LogP contribution in [0.2, 0.25) is 0 Å². The van der Waals surface area contributed by atoms with Crippen LogP contribution < -0.4 is 5.32 Å². The van der Waals surface area contributed by atoms with Crippen molar-refractivity contribution in [3.63, 3.8) is 0 Å². The molecule has 1 aliphatic rings. The Morgan fingerprint density at radius 3 is 3.35 bits per heavy atom. The van der Waals surface area contributed by atoms with Gasteiger partial charge in [0, 0.05) is 24.2 Å². The number of nitrogens with one attached hydrogen (secondary N) is 1. The summed E-state index contributed by atoms with van der Waals surface area (Å²) in [6, 6.07) is 4.55. The van der Waals surface area contributed by atoms with E-state index in [0.717, 1.165) is 28.7 Å². The van der Waals surface area contributed by atoms with Crippen molar-refractivity contribution in [3.05, 3.63) is 29.6 Å². The fraction of sp³-hybridized carbons (Fsp3) is 0.357. The van der Waals surface area contributed by atoms with Gasteiger partial charge in [-0.15, -0.1) is 11.3 Å². The Morgan fingerprint density at radius 2 is 2.45 bits per heavy atom. The molecular formula is C14H14N4OS. The highest BCUT2D eigenvalue weighted by molar-refractivity contribution is 7.17. The molecule has 4 heterocycles. The molecule has 0 radical (unpaired) electrons. The predicted molar refractivity (Wildman–Crippen MR) is 77.6 cm³/mol. The fourth-order valence-corrected chi connectivity index (χ4v) is 3.35. The van der Waals surface area contributed by atoms with E-state index in [1.54, 1.807) is 17.5 Å². The second-order valence-electron chi connectivity index (χ2n) is 5.04. The number of nitrogens with zero attached hydrogens (tertiary/aromatic N) is 3. The minimum atomic E-state index is 0.473. The number of fused-ring (bicyclic) bond motifs is 1. The summed E-state index contributed by atoms with van der Waals surface area (Å²) in [5.41, 5.74) is 1.92. The first kappa shape index (κ1) is 12.0. The molecule has 20 heavy (non-hydrogen) atoms. The van der Waals surface area contributed by atoms with Crippen LogP contribution in [-0.2, 0) is 6.42 Å². The lowest BCUT2D eigenvalue weighted by Crippen LogP contribution is -2.23. The van der Waals surface area contributed by atoms with E-state index in [0.29, 0.717) is 17.8 Å². The third kappa shape index (κ3) is 2.21. The highest BCUT2D eigenvalue weighted by atomic mass is 32.1. The summed E-state index contributed by atoms with van der Waals surface area (Å²) in [6.07, 6.45) is 5.02. The summed E-state index contributed by atoms with van der Waals surface area (Å²) in [6.45, 7) is 1.09. The Bertz CT molecular complexity index is 729. The molecule has 1 atom stereocenters. The first-order valence-corrected chi connectivity index (χ1v) is 7.66. The zero-order valence-electron chi connectivity index (χ0n) is 10.9. The van der Waals surface area contributed by atoms with Crippen molar-refractivity contribution in [2.75, 3.05) is 6.54 Å². The zero-order chi connectivity index (χ0) is 13.4. The molecule has 0 amide bonds. The van der Waals surface area contributed by atoms with Crippen LogP contribution in [0.5, 0.6) is 0 Å². The van der Waals surface area contributed by atoms with Crippen LogP contribution in [0.3, 0.4) is 0 Å². The predicted octanol–water partition coefficient (Wildman–Crippen LogP) is 2.64. The topological polar surface area (TPSA) is 63.8 Å². The molecule has 1 saturated heterocycles. The van der Waals surface area contributed by atoms with E-state index >= 15 is 0 Å². The Labute approximate surface area is 120 Å². The molecule has 6 heteroatoms. The number of aromatic nitrogens is 3. The number of rotatable bonds is 3. The molecule has 0 aliphatic carbocycles. The van der Waals surface area contributed by atoms with Gasteiger partial charge in [0.15, 0.2) is 0 Å². The van der Waals surface area contributed by atoms with Crippen LogP contribution in [0.1, 0.15) is 18.7 Å². The first-order valence-electron chi connectivity index (χ1n) is 6.78. The van der Waals surface area contributed by atoms with Gasteiger partial charge in [0.1, 0.15) is 0 Å². The number of hydrogen-bond donors (Lipinski definition) is 1. The second kappa shape index (κ2) is 4.96. The first-order chi connectivity index (χ1) is 9.88. The van der Waals surface area contributed by atoms with E-state index in [4.69, 9.17) is 4.52 Å². The fourth-order valence-electron chi connectivity index (χ4n) is 2.57. The average molecular weight is 286 g/mol. The van der Waals surface area contributed by atoms with Crippen molar-refractivity contribution in [1.29, 1.82) is 0 Å². The third-order valence-electron chi connectivity index (χ3n) is 3.61. The lowest BCUT2D eigenvalue weighted by molar-refractivity contribution is 0.364. The second-order valence-corrected chi connectivity index (χ2v) is 5.98. The van der Waals surface area contributed by atoms with Gasteiger partial charge in [0.05, 0.1) is 10.2 Å². The Morgan fingerprint density at radius 1 is 1.45 bits per heavy atom. The summed E-state index contributed by atoms with van der Waals surface area (Å²) in [4.78, 5) is 8.89. The van der Waals surface area contributed by atoms with E-state index in [-0.39, 0.29) is 0 Å². The molecule has 1 unspecified atom stereocenters. The summed E-state index contributed by atoms with van der Waals surface area (Å²) >= 11 is 1.67. The van der Waals surface area contributed by atoms with Crippen LogP contribution >= 0.6 is 11.3 Å². The van der Waals surface area contributed by atoms with Crippen molar-refractivity contribution in [3.8, 4) is 11.4 Å². The standard InChI is InChI=1S/C14H14N4OS/c1-2-10(15-4-1)7-13-17-14(18-19-13)9-6-12-11(16-8-9)3-5-20-12/h3,5-6,8,10,15H,1-2,4,7H2. The SMILES string of the molecule is c1cc2ncc(-c3noc(CC4CCCN4)n3)cc2s1. The Hall–Kier alpha value is -1.79. The minimum absolute atomic E-state index is 0.473. The molecule has 5 nitrogen and oxygen atoms in total. The van der Waals surface area contributed by atoms with E-state index in [1.165, 1.54) is 12.8 Å². The van der Waals surface area contributed by atoms with Gasteiger partial charge in [-0.25, -0.2) is 0 Å². The van der Waals surface area contributed by atoms with Crippen LogP contribution in [0.25, 0.3) is 21.6 Å². The molecule has 0 aromatic carbocycles. The van der Waals surface area contributed by atoms with Crippen molar-refractivity contribution >= 4 is 21.6 Å². The highest BCUT2D eigenvalue weighted by Gasteiger charge is 2.18. The largest absolute Gasteiger partial charge is 0.339 e. The Kier molecular flexibility index (Phi) is 2.97. The van der Waals surface area contributed by atoms with Crippen LogP contribution in [-0.4, -0.2) is 27.7 Å². The molecule has 0 spiro atoms. The average Bonchev–Trinajstić information content (AvgIpc) is 3.19. The van der Waals surface area contributed by atoms with Gasteiger partial charge in [-0.05, 0) is 36.9 Å². The van der Waals surface area contributed by atoms with Gasteiger partial charge in [-0.3, -0.25) is 4.98 Å². The minimum Gasteiger partial charge on any atom is -0.339 e. The van der Waals surface area contributed by atoms with E-state index < -0.39 is 0 Å². The van der Waals surface area contributed by atoms with Crippen molar-refractivity contribution in [2.45, 2.75) is 25.3 Å². The normalized spacial score (nSPS) is 18.9. The van der Waals surface area contributed by atoms with Crippen LogP contribution in [0, 0.1) is 0 Å². The molecule has 3 aromatic rings. The zero-order valence-corrected chi connectivity index (χ0v) is 11.7. The molecule has 4 rings (SSSR count). The molecule has 1 aliphatic heterocycles. The van der Waals surface area contributed by atoms with Crippen LogP contribution in [0.4, 0.5) is 0 Å². The van der Waals surface area contributed by atoms with Gasteiger partial charge >= 0.3 is 0 Å². The Balaban J connectivity index is 1.59. The van der Waals surface area contributed by atoms with E-state index in [2.05, 4.69) is 26.5 Å². The van der Waals surface area contributed by atoms with Gasteiger partial charge < -0.3 is 9.84 Å². The monoisotopic (exact) mass is 286 g/mol. The summed E-state index contributed by atoms with van der Waals surface area (Å²) < 4.78 is 6.49. The van der Waals surface area contributed by atoms with Gasteiger partial charge in [-0.1, -0.05) is 5.16 Å². The molecule has 1 N–H and O–H groups in total. The van der Waals surface area contributed by atoms with Crippen LogP contribution in [0.15, 0.2) is 28.2 Å². The van der Waals surface area contributed by atoms with Gasteiger partial charge in [-0.2, -0.15) is 4.98 Å². The maximum absolute atomic E-state index is 5.35. The molecule has 102 valence electrons. The molecule has 0 bridgehead atoms. The van der Waals surface area contributed by atoms with Gasteiger partial charge in [0.25, 0.3) is 0 Å². The quantitative estimate of drug-likeness (QED) is 0.802. The van der Waals surface area contributed by atoms with Gasteiger partial charge in [0.2, 0.25) is 11.7 Å². The molecule has 1 fully saturated rings. The summed E-state index contributed by atoms with van der Waals surface area (Å²) in [5.74, 6) is 1.33. The van der Waals surface area contributed by atoms with Crippen molar-refractivity contribution < 1.29 is 4.52 Å². The highest BCUT2D eigenvalue weighted by Crippen LogP contribution is 2.24. The maximum Gasteiger partial charge on any atom is 0.228 e. The third-order valence-corrected chi connectivity index (χ3v) is 4.47. The smallest absolute Gasteiger partial charge is 0.228 e. The van der Waals surface area contributed by atoms with Crippen molar-refractivity contribution in [1.82, 2.24) is 20.4 Å². The summed E-state index contributed by atoms with van der Waals surface area (Å²) in [7, 11) is 0. The maximum atomic E-state index is 5.35. The molecular weight excluding hydrogens is 272 g/mol. The summed E-state index contributed by atoms with van der Waals surface area (Å²) in [5, 5.41) is 9.54. The number of thiophene rings is 1. The van der Waals surface area contributed by atoms with E-state index in [1.807, 2.05) is 11.4 Å². The van der Waals surface area contributed by atoms with Crippen molar-refractivity contribution in [2.24, 2.45) is 0 Å². The molecule has 3 aromatic heterocycles. The number of hydrogen-bond acceptors (Lipinski definition) is 6. The lowest BCUT2D eigenvalue weighted by Gasteiger charge is -2.04. The molecule has 0 saturated carbocycles.